The zero-order chi connectivity index (χ0) is 23.9. The first-order chi connectivity index (χ1) is 16.4. The summed E-state index contributed by atoms with van der Waals surface area (Å²) in [4.78, 5) is 16.5. The minimum Gasteiger partial charge on any atom is -0.492 e. The molecule has 1 saturated heterocycles. The Bertz CT molecular complexity index is 1340. The van der Waals surface area contributed by atoms with Gasteiger partial charge in [0, 0.05) is 42.5 Å². The van der Waals surface area contributed by atoms with E-state index in [2.05, 4.69) is 46.2 Å². The van der Waals surface area contributed by atoms with Gasteiger partial charge in [0.05, 0.1) is 12.3 Å². The van der Waals surface area contributed by atoms with Crippen LogP contribution in [0, 0.1) is 12.3 Å². The summed E-state index contributed by atoms with van der Waals surface area (Å²) in [5.41, 5.74) is 3.84. The Kier molecular flexibility index (Phi) is 5.55. The highest BCUT2D eigenvalue weighted by molar-refractivity contribution is 5.90. The Balaban J connectivity index is 1.49. The molecule has 4 aromatic rings. The monoisotopic (exact) mass is 458 g/mol. The molecular weight excluding hydrogens is 428 g/mol. The number of fused-ring (bicyclic) bond motifs is 1. The first-order valence-corrected chi connectivity index (χ1v) is 11.7. The first kappa shape index (κ1) is 22.1. The molecule has 3 aromatic heterocycles. The number of pyridine rings is 1. The lowest BCUT2D eigenvalue weighted by molar-refractivity contribution is 0.275. The van der Waals surface area contributed by atoms with E-state index in [4.69, 9.17) is 14.7 Å². The Morgan fingerprint density at radius 3 is 2.68 bits per heavy atom. The molecule has 0 saturated carbocycles. The zero-order valence-electron chi connectivity index (χ0n) is 20.3. The predicted molar refractivity (Wildman–Crippen MR) is 134 cm³/mol. The topological polar surface area (TPSA) is 93.9 Å². The van der Waals surface area contributed by atoms with E-state index in [9.17, 15) is 0 Å². The van der Waals surface area contributed by atoms with Crippen molar-refractivity contribution in [1.82, 2.24) is 29.7 Å². The lowest BCUT2D eigenvalue weighted by atomic mass is 9.84. The third kappa shape index (κ3) is 4.13. The van der Waals surface area contributed by atoms with Crippen LogP contribution in [0.4, 0.5) is 17.5 Å². The normalized spacial score (nSPS) is 14.8. The smallest absolute Gasteiger partial charge is 0.227 e. The molecule has 1 aliphatic heterocycles. The van der Waals surface area contributed by atoms with Crippen molar-refractivity contribution in [2.75, 3.05) is 29.9 Å². The number of anilines is 3. The Labute approximate surface area is 199 Å². The van der Waals surface area contributed by atoms with Crippen molar-refractivity contribution in [3.63, 3.8) is 0 Å². The van der Waals surface area contributed by atoms with Crippen molar-refractivity contribution in [3.8, 4) is 17.1 Å². The standard InChI is InChI=1S/C25H30N8O/c1-6-32-15-27-31-22(32)17-8-9-19(20(11-17)34-7-2)29-24-26-12-18-10-16(3)28-23(21(18)30-24)33-13-25(4,5)14-33/h8-12,15H,6-7,13-14H2,1-5H3,(H,26,29,30). The van der Waals surface area contributed by atoms with Crippen LogP contribution in [0.3, 0.4) is 0 Å². The van der Waals surface area contributed by atoms with Gasteiger partial charge in [-0.25, -0.2) is 15.0 Å². The number of rotatable bonds is 7. The maximum Gasteiger partial charge on any atom is 0.227 e. The van der Waals surface area contributed by atoms with Gasteiger partial charge < -0.3 is 19.5 Å². The SMILES string of the molecule is CCOc1cc(-c2nncn2CC)ccc1Nc1ncc2cc(C)nc(N3CC(C)(C)C3)c2n1. The van der Waals surface area contributed by atoms with Gasteiger partial charge in [0.1, 0.15) is 17.6 Å². The van der Waals surface area contributed by atoms with E-state index in [-0.39, 0.29) is 0 Å². The summed E-state index contributed by atoms with van der Waals surface area (Å²) < 4.78 is 7.94. The second-order valence-electron chi connectivity index (χ2n) is 9.45. The quantitative estimate of drug-likeness (QED) is 0.429. The van der Waals surface area contributed by atoms with E-state index in [0.717, 1.165) is 59.1 Å². The van der Waals surface area contributed by atoms with E-state index in [0.29, 0.717) is 23.7 Å². The molecule has 0 spiro atoms. The highest BCUT2D eigenvalue weighted by Gasteiger charge is 2.36. The molecule has 0 radical (unpaired) electrons. The average molecular weight is 459 g/mol. The molecule has 4 heterocycles. The van der Waals surface area contributed by atoms with Crippen molar-refractivity contribution in [2.45, 2.75) is 41.2 Å². The molecule has 1 fully saturated rings. The van der Waals surface area contributed by atoms with E-state index < -0.39 is 0 Å². The molecule has 9 heteroatoms. The van der Waals surface area contributed by atoms with E-state index in [1.807, 2.05) is 48.9 Å². The molecule has 9 nitrogen and oxygen atoms in total. The fraction of sp³-hybridized carbons (Fsp3) is 0.400. The summed E-state index contributed by atoms with van der Waals surface area (Å²) in [6.45, 7) is 13.8. The molecule has 5 rings (SSSR count). The van der Waals surface area contributed by atoms with Crippen molar-refractivity contribution in [3.05, 3.63) is 42.5 Å². The fourth-order valence-corrected chi connectivity index (χ4v) is 4.44. The molecule has 176 valence electrons. The maximum atomic E-state index is 5.94. The molecule has 34 heavy (non-hydrogen) atoms. The van der Waals surface area contributed by atoms with Crippen LogP contribution in [0.5, 0.6) is 5.75 Å². The summed E-state index contributed by atoms with van der Waals surface area (Å²) in [6.07, 6.45) is 3.59. The molecule has 1 N–H and O–H groups in total. The second kappa shape index (κ2) is 8.55. The van der Waals surface area contributed by atoms with Crippen molar-refractivity contribution >= 4 is 28.4 Å². The number of aromatic nitrogens is 6. The predicted octanol–water partition coefficient (Wildman–Crippen LogP) is 4.60. The molecule has 1 aromatic carbocycles. The number of nitrogens with zero attached hydrogens (tertiary/aromatic N) is 7. The van der Waals surface area contributed by atoms with Crippen molar-refractivity contribution in [1.29, 1.82) is 0 Å². The Hall–Kier alpha value is -3.75. The molecule has 0 unspecified atom stereocenters. The van der Waals surface area contributed by atoms with Gasteiger partial charge in [-0.05, 0) is 50.5 Å². The van der Waals surface area contributed by atoms with Gasteiger partial charge in [-0.3, -0.25) is 0 Å². The summed E-state index contributed by atoms with van der Waals surface area (Å²) in [7, 11) is 0. The Morgan fingerprint density at radius 2 is 1.94 bits per heavy atom. The van der Waals surface area contributed by atoms with E-state index in [1.54, 1.807) is 6.33 Å². The van der Waals surface area contributed by atoms with Gasteiger partial charge in [-0.2, -0.15) is 0 Å². The van der Waals surface area contributed by atoms with Gasteiger partial charge in [-0.15, -0.1) is 10.2 Å². The van der Waals surface area contributed by atoms with E-state index >= 15 is 0 Å². The maximum absolute atomic E-state index is 5.94. The molecule has 1 aliphatic rings. The minimum absolute atomic E-state index is 0.294. The molecule has 0 atom stereocenters. The first-order valence-electron chi connectivity index (χ1n) is 11.7. The second-order valence-corrected chi connectivity index (χ2v) is 9.45. The van der Waals surface area contributed by atoms with Crippen LogP contribution in [0.2, 0.25) is 0 Å². The van der Waals surface area contributed by atoms with Crippen LogP contribution in [0.15, 0.2) is 36.8 Å². The van der Waals surface area contributed by atoms with Crippen LogP contribution < -0.4 is 15.0 Å². The van der Waals surface area contributed by atoms with Gasteiger partial charge in [0.15, 0.2) is 11.6 Å². The summed E-state index contributed by atoms with van der Waals surface area (Å²) in [6, 6.07) is 7.97. The third-order valence-corrected chi connectivity index (χ3v) is 5.96. The third-order valence-electron chi connectivity index (χ3n) is 5.96. The van der Waals surface area contributed by atoms with Gasteiger partial charge >= 0.3 is 0 Å². The lowest BCUT2D eigenvalue weighted by Crippen LogP contribution is -2.53. The minimum atomic E-state index is 0.294. The van der Waals surface area contributed by atoms with Crippen molar-refractivity contribution in [2.24, 2.45) is 5.41 Å². The summed E-state index contributed by atoms with van der Waals surface area (Å²) >= 11 is 0. The van der Waals surface area contributed by atoms with Crippen LogP contribution in [-0.4, -0.2) is 49.4 Å². The largest absolute Gasteiger partial charge is 0.492 e. The highest BCUT2D eigenvalue weighted by Crippen LogP contribution is 2.37. The fourth-order valence-electron chi connectivity index (χ4n) is 4.44. The van der Waals surface area contributed by atoms with Gasteiger partial charge in [-0.1, -0.05) is 13.8 Å². The Morgan fingerprint density at radius 1 is 1.12 bits per heavy atom. The molecule has 0 amide bonds. The van der Waals surface area contributed by atoms with E-state index in [1.165, 1.54) is 0 Å². The number of benzene rings is 1. The average Bonchev–Trinajstić information content (AvgIpc) is 3.27. The summed E-state index contributed by atoms with van der Waals surface area (Å²) in [5, 5.41) is 12.6. The van der Waals surface area contributed by atoms with Crippen molar-refractivity contribution < 1.29 is 4.74 Å². The van der Waals surface area contributed by atoms with Gasteiger partial charge in [0.2, 0.25) is 5.95 Å². The molecular formula is C25H30N8O. The number of hydrogen-bond acceptors (Lipinski definition) is 8. The number of aryl methyl sites for hydroxylation is 2. The number of ether oxygens (including phenoxy) is 1. The number of hydrogen-bond donors (Lipinski definition) is 1. The zero-order valence-corrected chi connectivity index (χ0v) is 20.3. The molecule has 0 aliphatic carbocycles. The van der Waals surface area contributed by atoms with Crippen LogP contribution >= 0.6 is 0 Å². The lowest BCUT2D eigenvalue weighted by Gasteiger charge is -2.46. The van der Waals surface area contributed by atoms with Crippen LogP contribution in [-0.2, 0) is 6.54 Å². The van der Waals surface area contributed by atoms with Crippen LogP contribution in [0.25, 0.3) is 22.3 Å². The highest BCUT2D eigenvalue weighted by atomic mass is 16.5. The molecule has 0 bridgehead atoms. The number of nitrogens with one attached hydrogen (secondary N) is 1. The van der Waals surface area contributed by atoms with Crippen LogP contribution in [0.1, 0.15) is 33.4 Å². The summed E-state index contributed by atoms with van der Waals surface area (Å²) in [5.74, 6) is 2.94. The van der Waals surface area contributed by atoms with Gasteiger partial charge in [0.25, 0.3) is 0 Å².